The number of anilines is 1. The highest BCUT2D eigenvalue weighted by Crippen LogP contribution is 2.33. The first-order valence-corrected chi connectivity index (χ1v) is 9.22. The number of likely N-dealkylation sites (N-methyl/N-ethyl adjacent to an activating group) is 2. The monoisotopic (exact) mass is 343 g/mol. The second-order valence-corrected chi connectivity index (χ2v) is 7.18. The van der Waals surface area contributed by atoms with Gasteiger partial charge in [0.1, 0.15) is 11.3 Å². The number of nitrogens with zero attached hydrogens (tertiary/aromatic N) is 2. The number of hydrogen-bond acceptors (Lipinski definition) is 4. The van der Waals surface area contributed by atoms with Crippen molar-refractivity contribution < 1.29 is 9.21 Å². The van der Waals surface area contributed by atoms with Gasteiger partial charge in [0, 0.05) is 43.2 Å². The van der Waals surface area contributed by atoms with Crippen molar-refractivity contribution in [2.45, 2.75) is 32.1 Å². The molecule has 1 aliphatic carbocycles. The lowest BCUT2D eigenvalue weighted by atomic mass is 10.1. The van der Waals surface area contributed by atoms with Crippen LogP contribution in [-0.4, -0.2) is 51.6 Å². The first kappa shape index (κ1) is 18.0. The second kappa shape index (κ2) is 8.02. The number of carbonyl (C=O) groups excluding carboxylic acids is 1. The van der Waals surface area contributed by atoms with Crippen molar-refractivity contribution in [2.24, 2.45) is 0 Å². The van der Waals surface area contributed by atoms with Gasteiger partial charge in [-0.15, -0.1) is 0 Å². The van der Waals surface area contributed by atoms with Gasteiger partial charge in [-0.25, -0.2) is 0 Å². The zero-order valence-electron chi connectivity index (χ0n) is 15.6. The first-order valence-electron chi connectivity index (χ1n) is 9.22. The van der Waals surface area contributed by atoms with E-state index in [0.29, 0.717) is 6.54 Å². The SMILES string of the molecule is CN(C)CCNCC(=O)N(C)c1ccc2oc3c(c2c1)CCCCC3. The minimum absolute atomic E-state index is 0.0766. The van der Waals surface area contributed by atoms with Gasteiger partial charge in [-0.2, -0.15) is 0 Å². The number of nitrogens with one attached hydrogen (secondary N) is 1. The fourth-order valence-electron chi connectivity index (χ4n) is 3.40. The average Bonchev–Trinajstić information content (AvgIpc) is 2.77. The van der Waals surface area contributed by atoms with Gasteiger partial charge in [0.15, 0.2) is 0 Å². The molecule has 1 aromatic carbocycles. The largest absolute Gasteiger partial charge is 0.461 e. The first-order chi connectivity index (χ1) is 12.1. The normalized spacial score (nSPS) is 14.6. The van der Waals surface area contributed by atoms with Crippen LogP contribution in [0, 0.1) is 0 Å². The summed E-state index contributed by atoms with van der Waals surface area (Å²) in [6.45, 7) is 2.08. The molecule has 1 N–H and O–H groups in total. The molecule has 1 aromatic heterocycles. The maximum absolute atomic E-state index is 12.4. The Labute approximate surface area is 150 Å². The van der Waals surface area contributed by atoms with Gasteiger partial charge in [-0.1, -0.05) is 6.42 Å². The van der Waals surface area contributed by atoms with Crippen LogP contribution >= 0.6 is 0 Å². The van der Waals surface area contributed by atoms with E-state index in [1.807, 2.05) is 33.3 Å². The zero-order valence-corrected chi connectivity index (χ0v) is 15.6. The number of hydrogen-bond donors (Lipinski definition) is 1. The number of furan rings is 1. The van der Waals surface area contributed by atoms with E-state index in [1.54, 1.807) is 4.90 Å². The Morgan fingerprint density at radius 3 is 2.76 bits per heavy atom. The third-order valence-corrected chi connectivity index (χ3v) is 4.96. The van der Waals surface area contributed by atoms with Gasteiger partial charge < -0.3 is 19.5 Å². The zero-order chi connectivity index (χ0) is 17.8. The van der Waals surface area contributed by atoms with Crippen LogP contribution in [0.25, 0.3) is 11.0 Å². The molecule has 0 atom stereocenters. The van der Waals surface area contributed by atoms with E-state index in [1.165, 1.54) is 30.2 Å². The molecule has 0 unspecified atom stereocenters. The summed E-state index contributed by atoms with van der Waals surface area (Å²) in [5.41, 5.74) is 3.22. The number of fused-ring (bicyclic) bond motifs is 3. The van der Waals surface area contributed by atoms with Crippen LogP contribution in [0.5, 0.6) is 0 Å². The molecule has 25 heavy (non-hydrogen) atoms. The summed E-state index contributed by atoms with van der Waals surface area (Å²) >= 11 is 0. The topological polar surface area (TPSA) is 48.7 Å². The standard InChI is InChI=1S/C20H29N3O2/c1-22(2)12-11-21-14-20(24)23(3)15-9-10-19-17(13-15)16-7-5-4-6-8-18(16)25-19/h9-10,13,21H,4-8,11-12,14H2,1-3H3. The van der Waals surface area contributed by atoms with Crippen molar-refractivity contribution in [3.8, 4) is 0 Å². The number of amides is 1. The minimum atomic E-state index is 0.0766. The lowest BCUT2D eigenvalue weighted by Gasteiger charge is -2.18. The lowest BCUT2D eigenvalue weighted by molar-refractivity contribution is -0.117. The fourth-order valence-corrected chi connectivity index (χ4v) is 3.40. The highest BCUT2D eigenvalue weighted by Gasteiger charge is 2.18. The van der Waals surface area contributed by atoms with Crippen LogP contribution in [0.15, 0.2) is 22.6 Å². The van der Waals surface area contributed by atoms with E-state index in [4.69, 9.17) is 4.42 Å². The molecule has 0 spiro atoms. The molecule has 5 nitrogen and oxygen atoms in total. The molecule has 0 saturated carbocycles. The quantitative estimate of drug-likeness (QED) is 0.647. The molecule has 1 heterocycles. The smallest absolute Gasteiger partial charge is 0.240 e. The minimum Gasteiger partial charge on any atom is -0.461 e. The fraction of sp³-hybridized carbons (Fsp3) is 0.550. The Hall–Kier alpha value is -1.85. The van der Waals surface area contributed by atoms with Crippen molar-refractivity contribution in [3.05, 3.63) is 29.5 Å². The van der Waals surface area contributed by atoms with E-state index < -0.39 is 0 Å². The van der Waals surface area contributed by atoms with E-state index in [0.717, 1.165) is 43.0 Å². The summed E-state index contributed by atoms with van der Waals surface area (Å²) in [7, 11) is 5.90. The Morgan fingerprint density at radius 2 is 1.96 bits per heavy atom. The van der Waals surface area contributed by atoms with Crippen LogP contribution in [0.3, 0.4) is 0 Å². The average molecular weight is 343 g/mol. The van der Waals surface area contributed by atoms with Crippen molar-refractivity contribution in [2.75, 3.05) is 45.7 Å². The van der Waals surface area contributed by atoms with Crippen LogP contribution in [0.1, 0.15) is 30.6 Å². The molecule has 0 bridgehead atoms. The Morgan fingerprint density at radius 1 is 1.16 bits per heavy atom. The van der Waals surface area contributed by atoms with Gasteiger partial charge in [0.2, 0.25) is 5.91 Å². The maximum Gasteiger partial charge on any atom is 0.240 e. The Balaban J connectivity index is 1.72. The summed E-state index contributed by atoms with van der Waals surface area (Å²) in [5.74, 6) is 1.22. The highest BCUT2D eigenvalue weighted by atomic mass is 16.3. The van der Waals surface area contributed by atoms with Crippen molar-refractivity contribution in [1.29, 1.82) is 0 Å². The van der Waals surface area contributed by atoms with Gasteiger partial charge >= 0.3 is 0 Å². The van der Waals surface area contributed by atoms with E-state index in [9.17, 15) is 4.79 Å². The molecule has 3 rings (SSSR count). The predicted octanol–water partition coefficient (Wildman–Crippen LogP) is 2.82. The molecule has 0 fully saturated rings. The van der Waals surface area contributed by atoms with Crippen molar-refractivity contribution in [3.63, 3.8) is 0 Å². The molecule has 2 aromatic rings. The van der Waals surface area contributed by atoms with Crippen LogP contribution in [-0.2, 0) is 17.6 Å². The summed E-state index contributed by atoms with van der Waals surface area (Å²) in [6, 6.07) is 6.09. The molecule has 1 amide bonds. The van der Waals surface area contributed by atoms with E-state index >= 15 is 0 Å². The third-order valence-electron chi connectivity index (χ3n) is 4.96. The van der Waals surface area contributed by atoms with Crippen LogP contribution in [0.4, 0.5) is 5.69 Å². The molecule has 1 aliphatic rings. The van der Waals surface area contributed by atoms with Gasteiger partial charge in [0.25, 0.3) is 0 Å². The number of aryl methyl sites for hydroxylation is 2. The molecule has 136 valence electrons. The summed E-state index contributed by atoms with van der Waals surface area (Å²) in [6.07, 6.45) is 5.80. The number of benzene rings is 1. The second-order valence-electron chi connectivity index (χ2n) is 7.18. The van der Waals surface area contributed by atoms with Crippen molar-refractivity contribution in [1.82, 2.24) is 10.2 Å². The van der Waals surface area contributed by atoms with E-state index in [-0.39, 0.29) is 5.91 Å². The summed E-state index contributed by atoms with van der Waals surface area (Å²) in [5, 5.41) is 4.38. The molecule has 5 heteroatoms. The van der Waals surface area contributed by atoms with Gasteiger partial charge in [-0.05, 0) is 51.6 Å². The van der Waals surface area contributed by atoms with Gasteiger partial charge in [-0.3, -0.25) is 4.79 Å². The van der Waals surface area contributed by atoms with Gasteiger partial charge in [0.05, 0.1) is 6.54 Å². The van der Waals surface area contributed by atoms with Crippen molar-refractivity contribution >= 4 is 22.6 Å². The van der Waals surface area contributed by atoms with Crippen LogP contribution < -0.4 is 10.2 Å². The third kappa shape index (κ3) is 4.22. The molecule has 0 radical (unpaired) electrons. The number of rotatable bonds is 6. The van der Waals surface area contributed by atoms with Crippen LogP contribution in [0.2, 0.25) is 0 Å². The Bertz CT molecular complexity index is 736. The molecular formula is C20H29N3O2. The Kier molecular flexibility index (Phi) is 5.76. The molecule has 0 aliphatic heterocycles. The summed E-state index contributed by atoms with van der Waals surface area (Å²) < 4.78 is 6.05. The molecule has 0 saturated heterocycles. The lowest BCUT2D eigenvalue weighted by Crippen LogP contribution is -2.37. The number of carbonyl (C=O) groups is 1. The highest BCUT2D eigenvalue weighted by molar-refractivity contribution is 5.97. The molecular weight excluding hydrogens is 314 g/mol. The maximum atomic E-state index is 12.4. The predicted molar refractivity (Wildman–Crippen MR) is 102 cm³/mol. The van der Waals surface area contributed by atoms with E-state index in [2.05, 4.69) is 16.3 Å². The summed E-state index contributed by atoms with van der Waals surface area (Å²) in [4.78, 5) is 16.3.